The van der Waals surface area contributed by atoms with Gasteiger partial charge in [-0.3, -0.25) is 14.8 Å². The van der Waals surface area contributed by atoms with E-state index in [0.717, 1.165) is 37.0 Å². The molecule has 2 aromatic heterocycles. The van der Waals surface area contributed by atoms with Crippen LogP contribution in [0.3, 0.4) is 0 Å². The molecule has 5 heterocycles. The van der Waals surface area contributed by atoms with Crippen molar-refractivity contribution in [1.82, 2.24) is 20.2 Å². The van der Waals surface area contributed by atoms with E-state index in [1.807, 2.05) is 9.80 Å². The van der Waals surface area contributed by atoms with Gasteiger partial charge in [0.1, 0.15) is 5.69 Å². The smallest absolute Gasteiger partial charge is 0.371 e. The lowest BCUT2D eigenvalue weighted by atomic mass is 9.94. The van der Waals surface area contributed by atoms with Gasteiger partial charge in [0, 0.05) is 50.4 Å². The summed E-state index contributed by atoms with van der Waals surface area (Å²) in [5, 5.41) is 3.35. The van der Waals surface area contributed by atoms with Crippen molar-refractivity contribution in [3.05, 3.63) is 52.1 Å². The van der Waals surface area contributed by atoms with E-state index in [-0.39, 0.29) is 11.8 Å². The minimum atomic E-state index is -4.46. The third-order valence-corrected chi connectivity index (χ3v) is 6.58. The number of fused-ring (bicyclic) bond motifs is 2. The Hall–Kier alpha value is -2.68. The quantitative estimate of drug-likeness (QED) is 0.810. The molecule has 2 aromatic rings. The number of hydrogen-bond donors (Lipinski definition) is 1. The predicted molar refractivity (Wildman–Crippen MR) is 108 cm³/mol. The summed E-state index contributed by atoms with van der Waals surface area (Å²) in [6, 6.07) is 2.65. The number of nitrogens with zero attached hydrogens (tertiary/aromatic N) is 4. The second-order valence-corrected chi connectivity index (χ2v) is 8.64. The Balaban J connectivity index is 1.19. The maximum Gasteiger partial charge on any atom is 0.433 e. The van der Waals surface area contributed by atoms with Gasteiger partial charge in [-0.2, -0.15) is 13.2 Å². The number of pyridine rings is 2. The van der Waals surface area contributed by atoms with Crippen LogP contribution < -0.4 is 10.2 Å². The van der Waals surface area contributed by atoms with Crippen LogP contribution in [-0.2, 0) is 37.0 Å². The van der Waals surface area contributed by atoms with Gasteiger partial charge in [0.2, 0.25) is 5.91 Å². The summed E-state index contributed by atoms with van der Waals surface area (Å²) in [6.45, 7) is 6.15. The summed E-state index contributed by atoms with van der Waals surface area (Å²) in [5.41, 5.74) is 5.48. The van der Waals surface area contributed by atoms with Crippen LogP contribution in [0, 0.1) is 12.8 Å². The van der Waals surface area contributed by atoms with Crippen LogP contribution in [0.4, 0.5) is 18.9 Å². The van der Waals surface area contributed by atoms with Gasteiger partial charge in [-0.1, -0.05) is 0 Å². The van der Waals surface area contributed by atoms with Crippen molar-refractivity contribution in [1.29, 1.82) is 0 Å². The summed E-state index contributed by atoms with van der Waals surface area (Å²) in [7, 11) is 0. The molecule has 6 nitrogen and oxygen atoms in total. The molecule has 31 heavy (non-hydrogen) atoms. The first-order valence-electron chi connectivity index (χ1n) is 10.6. The standard InChI is InChI=1S/C22H24F3N5O/c1-13-16-3-4-26-8-18(16)28-19-12-30(11-17(13)19)21(31)6-14-9-29(10-14)15-2-5-27-20(7-15)22(23,24)25/h2,5,7,14,26H,3-4,6,8-12H2,1H3. The summed E-state index contributed by atoms with van der Waals surface area (Å²) in [6.07, 6.45) is -1.90. The molecule has 0 saturated carbocycles. The van der Waals surface area contributed by atoms with E-state index in [1.54, 1.807) is 6.07 Å². The Morgan fingerprint density at radius 2 is 2.03 bits per heavy atom. The van der Waals surface area contributed by atoms with Gasteiger partial charge in [0.05, 0.1) is 17.9 Å². The fraction of sp³-hybridized carbons (Fsp3) is 0.500. The van der Waals surface area contributed by atoms with E-state index in [0.29, 0.717) is 38.3 Å². The van der Waals surface area contributed by atoms with Gasteiger partial charge >= 0.3 is 6.18 Å². The molecule has 3 aliphatic rings. The number of carbonyl (C=O) groups is 1. The van der Waals surface area contributed by atoms with Crippen LogP contribution in [0.25, 0.3) is 0 Å². The average molecular weight is 431 g/mol. The molecule has 0 bridgehead atoms. The second kappa shape index (κ2) is 7.47. The van der Waals surface area contributed by atoms with Gasteiger partial charge in [0.15, 0.2) is 0 Å². The molecular formula is C22H24F3N5O. The van der Waals surface area contributed by atoms with E-state index in [2.05, 4.69) is 17.2 Å². The van der Waals surface area contributed by atoms with Gasteiger partial charge < -0.3 is 15.1 Å². The number of amides is 1. The van der Waals surface area contributed by atoms with Gasteiger partial charge in [-0.25, -0.2) is 0 Å². The molecule has 0 spiro atoms. The molecule has 9 heteroatoms. The molecule has 0 radical (unpaired) electrons. The third kappa shape index (κ3) is 3.75. The summed E-state index contributed by atoms with van der Waals surface area (Å²) >= 11 is 0. The van der Waals surface area contributed by atoms with E-state index in [9.17, 15) is 18.0 Å². The maximum atomic E-state index is 12.9. The molecule has 164 valence electrons. The van der Waals surface area contributed by atoms with Crippen molar-refractivity contribution in [2.45, 2.75) is 45.6 Å². The van der Waals surface area contributed by atoms with Crippen molar-refractivity contribution in [3.63, 3.8) is 0 Å². The maximum absolute atomic E-state index is 12.9. The van der Waals surface area contributed by atoms with Crippen LogP contribution in [0.5, 0.6) is 0 Å². The molecule has 1 N–H and O–H groups in total. The number of halogens is 3. The van der Waals surface area contributed by atoms with Crippen molar-refractivity contribution in [2.75, 3.05) is 24.5 Å². The molecule has 1 saturated heterocycles. The van der Waals surface area contributed by atoms with Crippen molar-refractivity contribution >= 4 is 11.6 Å². The van der Waals surface area contributed by atoms with Crippen LogP contribution in [0.15, 0.2) is 18.3 Å². The minimum Gasteiger partial charge on any atom is -0.371 e. The van der Waals surface area contributed by atoms with Crippen molar-refractivity contribution in [3.8, 4) is 0 Å². The lowest BCUT2D eigenvalue weighted by molar-refractivity contribution is -0.141. The zero-order valence-electron chi connectivity index (χ0n) is 17.3. The minimum absolute atomic E-state index is 0.0869. The van der Waals surface area contributed by atoms with Gasteiger partial charge in [0.25, 0.3) is 0 Å². The zero-order chi connectivity index (χ0) is 21.8. The molecule has 1 fully saturated rings. The first-order valence-corrected chi connectivity index (χ1v) is 10.6. The third-order valence-electron chi connectivity index (χ3n) is 6.58. The Bertz CT molecular complexity index is 1030. The number of rotatable bonds is 3. The van der Waals surface area contributed by atoms with Crippen LogP contribution in [0.1, 0.15) is 40.2 Å². The van der Waals surface area contributed by atoms with E-state index in [1.165, 1.54) is 22.9 Å². The Labute approximate surface area is 178 Å². The largest absolute Gasteiger partial charge is 0.433 e. The van der Waals surface area contributed by atoms with Crippen LogP contribution in [-0.4, -0.2) is 40.4 Å². The van der Waals surface area contributed by atoms with Crippen molar-refractivity contribution < 1.29 is 18.0 Å². The van der Waals surface area contributed by atoms with E-state index >= 15 is 0 Å². The highest BCUT2D eigenvalue weighted by molar-refractivity contribution is 5.77. The molecule has 3 aliphatic heterocycles. The number of anilines is 1. The van der Waals surface area contributed by atoms with Crippen LogP contribution >= 0.6 is 0 Å². The number of carbonyl (C=O) groups excluding carboxylic acids is 1. The fourth-order valence-electron chi connectivity index (χ4n) is 4.81. The number of aromatic nitrogens is 2. The predicted octanol–water partition coefficient (Wildman–Crippen LogP) is 2.82. The highest BCUT2D eigenvalue weighted by atomic mass is 19.4. The molecule has 0 unspecified atom stereocenters. The fourth-order valence-corrected chi connectivity index (χ4v) is 4.81. The monoisotopic (exact) mass is 431 g/mol. The first kappa shape index (κ1) is 20.2. The molecule has 0 aliphatic carbocycles. The molecule has 1 amide bonds. The Kier molecular flexibility index (Phi) is 4.88. The number of nitrogens with one attached hydrogen (secondary N) is 1. The second-order valence-electron chi connectivity index (χ2n) is 8.64. The topological polar surface area (TPSA) is 61.4 Å². The SMILES string of the molecule is Cc1c2c(nc3c1CN(C(=O)CC1CN(c4ccnc(C(F)(F)F)c4)C1)C3)CNCC2. The average Bonchev–Trinajstić information content (AvgIpc) is 3.14. The van der Waals surface area contributed by atoms with Gasteiger partial charge in [-0.15, -0.1) is 0 Å². The molecule has 0 atom stereocenters. The Morgan fingerprint density at radius 1 is 1.23 bits per heavy atom. The van der Waals surface area contributed by atoms with Crippen molar-refractivity contribution in [2.24, 2.45) is 5.92 Å². The lowest BCUT2D eigenvalue weighted by Crippen LogP contribution is -2.48. The van der Waals surface area contributed by atoms with Crippen LogP contribution in [0.2, 0.25) is 0 Å². The molecule has 0 aromatic carbocycles. The Morgan fingerprint density at radius 3 is 2.81 bits per heavy atom. The lowest BCUT2D eigenvalue weighted by Gasteiger charge is -2.41. The van der Waals surface area contributed by atoms with E-state index in [4.69, 9.17) is 4.98 Å². The summed E-state index contributed by atoms with van der Waals surface area (Å²) < 4.78 is 38.6. The summed E-state index contributed by atoms with van der Waals surface area (Å²) in [4.78, 5) is 24.8. The highest BCUT2D eigenvalue weighted by Gasteiger charge is 2.36. The molecule has 5 rings (SSSR count). The van der Waals surface area contributed by atoms with Gasteiger partial charge in [-0.05, 0) is 48.7 Å². The van der Waals surface area contributed by atoms with E-state index < -0.39 is 11.9 Å². The summed E-state index contributed by atoms with van der Waals surface area (Å²) in [5.74, 6) is 0.231. The number of hydrogen-bond acceptors (Lipinski definition) is 5. The molecular weight excluding hydrogens is 407 g/mol. The zero-order valence-corrected chi connectivity index (χ0v) is 17.3. The normalized spacial score (nSPS) is 18.6. The first-order chi connectivity index (χ1) is 14.8. The highest BCUT2D eigenvalue weighted by Crippen LogP contribution is 2.34. The number of alkyl halides is 3.